The van der Waals surface area contributed by atoms with Crippen LogP contribution < -0.4 is 5.32 Å². The first-order chi connectivity index (χ1) is 9.49. The Labute approximate surface area is 123 Å². The standard InChI is InChI=1S/C15H31N3O2/c1-6-18(11-7-10-17(3)4)13-8-9-15(12-13,16-2)14(19)20-5/h13,16H,6-12H2,1-5H3. The molecular weight excluding hydrogens is 254 g/mol. The van der Waals surface area contributed by atoms with Gasteiger partial charge in [0, 0.05) is 6.04 Å². The van der Waals surface area contributed by atoms with Crippen LogP contribution in [0.3, 0.4) is 0 Å². The van der Waals surface area contributed by atoms with E-state index in [0.717, 1.165) is 38.9 Å². The van der Waals surface area contributed by atoms with E-state index in [1.807, 2.05) is 7.05 Å². The van der Waals surface area contributed by atoms with Gasteiger partial charge in [-0.05, 0) is 66.5 Å². The number of nitrogens with one attached hydrogen (secondary N) is 1. The van der Waals surface area contributed by atoms with Crippen molar-refractivity contribution in [1.82, 2.24) is 15.1 Å². The summed E-state index contributed by atoms with van der Waals surface area (Å²) < 4.78 is 4.98. The lowest BCUT2D eigenvalue weighted by atomic mass is 9.97. The Balaban J connectivity index is 2.57. The molecule has 0 bridgehead atoms. The first-order valence-corrected chi connectivity index (χ1v) is 7.65. The predicted molar refractivity (Wildman–Crippen MR) is 81.9 cm³/mol. The van der Waals surface area contributed by atoms with Crippen LogP contribution >= 0.6 is 0 Å². The van der Waals surface area contributed by atoms with Crippen molar-refractivity contribution < 1.29 is 9.53 Å². The highest BCUT2D eigenvalue weighted by Crippen LogP contribution is 2.34. The van der Waals surface area contributed by atoms with Gasteiger partial charge in [0.25, 0.3) is 0 Å². The van der Waals surface area contributed by atoms with E-state index in [-0.39, 0.29) is 5.97 Å². The van der Waals surface area contributed by atoms with Crippen molar-refractivity contribution in [3.8, 4) is 0 Å². The first kappa shape index (κ1) is 17.4. The van der Waals surface area contributed by atoms with Crippen molar-refractivity contribution >= 4 is 5.97 Å². The molecule has 2 atom stereocenters. The number of methoxy groups -OCH3 is 1. The van der Waals surface area contributed by atoms with E-state index < -0.39 is 5.54 Å². The molecule has 0 saturated heterocycles. The van der Waals surface area contributed by atoms with Crippen molar-refractivity contribution in [1.29, 1.82) is 0 Å². The van der Waals surface area contributed by atoms with Crippen molar-refractivity contribution in [2.45, 2.75) is 44.2 Å². The van der Waals surface area contributed by atoms with E-state index in [1.54, 1.807) is 0 Å². The highest BCUT2D eigenvalue weighted by Gasteiger charge is 2.46. The predicted octanol–water partition coefficient (Wildman–Crippen LogP) is 0.944. The van der Waals surface area contributed by atoms with E-state index in [4.69, 9.17) is 4.74 Å². The molecule has 1 rings (SSSR count). The molecule has 1 fully saturated rings. The Bertz CT molecular complexity index is 309. The minimum atomic E-state index is -0.478. The minimum Gasteiger partial charge on any atom is -0.468 e. The molecule has 1 N–H and O–H groups in total. The van der Waals surface area contributed by atoms with E-state index in [9.17, 15) is 4.79 Å². The van der Waals surface area contributed by atoms with Crippen LogP contribution in [-0.4, -0.2) is 75.2 Å². The summed E-state index contributed by atoms with van der Waals surface area (Å²) >= 11 is 0. The molecular formula is C15H31N3O2. The van der Waals surface area contributed by atoms with Crippen LogP contribution in [0.25, 0.3) is 0 Å². The van der Waals surface area contributed by atoms with Crippen LogP contribution in [0.5, 0.6) is 0 Å². The van der Waals surface area contributed by atoms with E-state index >= 15 is 0 Å². The zero-order chi connectivity index (χ0) is 15.2. The molecule has 118 valence electrons. The van der Waals surface area contributed by atoms with Crippen LogP contribution in [0.4, 0.5) is 0 Å². The number of carbonyl (C=O) groups excluding carboxylic acids is 1. The molecule has 2 unspecified atom stereocenters. The molecule has 0 aromatic rings. The average Bonchev–Trinajstić information content (AvgIpc) is 2.88. The third-order valence-electron chi connectivity index (χ3n) is 4.52. The van der Waals surface area contributed by atoms with Crippen molar-refractivity contribution in [2.24, 2.45) is 0 Å². The maximum atomic E-state index is 12.0. The average molecular weight is 285 g/mol. The Hall–Kier alpha value is -0.650. The summed E-state index contributed by atoms with van der Waals surface area (Å²) in [6.45, 7) is 5.45. The molecule has 0 heterocycles. The lowest BCUT2D eigenvalue weighted by Crippen LogP contribution is -2.50. The second-order valence-corrected chi connectivity index (χ2v) is 6.01. The summed E-state index contributed by atoms with van der Waals surface area (Å²) in [5.74, 6) is -0.119. The largest absolute Gasteiger partial charge is 0.468 e. The molecule has 1 aliphatic rings. The number of hydrogen-bond acceptors (Lipinski definition) is 5. The number of esters is 1. The topological polar surface area (TPSA) is 44.8 Å². The Morgan fingerprint density at radius 2 is 2.10 bits per heavy atom. The maximum Gasteiger partial charge on any atom is 0.326 e. The SMILES string of the molecule is CCN(CCCN(C)C)C1CCC(NC)(C(=O)OC)C1. The van der Waals surface area contributed by atoms with Crippen LogP contribution in [0.15, 0.2) is 0 Å². The van der Waals surface area contributed by atoms with Gasteiger partial charge < -0.3 is 19.9 Å². The molecule has 0 aliphatic heterocycles. The molecule has 1 saturated carbocycles. The van der Waals surface area contributed by atoms with Gasteiger partial charge in [0.15, 0.2) is 0 Å². The van der Waals surface area contributed by atoms with Gasteiger partial charge in [-0.25, -0.2) is 0 Å². The number of rotatable bonds is 8. The molecule has 5 heteroatoms. The summed E-state index contributed by atoms with van der Waals surface area (Å²) in [4.78, 5) is 16.7. The fourth-order valence-electron chi connectivity index (χ4n) is 3.23. The van der Waals surface area contributed by atoms with Crippen molar-refractivity contribution in [2.75, 3.05) is 47.9 Å². The van der Waals surface area contributed by atoms with Gasteiger partial charge in [0.05, 0.1) is 7.11 Å². The molecule has 0 aromatic carbocycles. The molecule has 1 aliphatic carbocycles. The lowest BCUT2D eigenvalue weighted by molar-refractivity contribution is -0.148. The number of ether oxygens (including phenoxy) is 1. The monoisotopic (exact) mass is 285 g/mol. The second kappa shape index (κ2) is 7.96. The normalized spacial score (nSPS) is 26.4. The Kier molecular flexibility index (Phi) is 6.92. The molecule has 0 spiro atoms. The van der Waals surface area contributed by atoms with Gasteiger partial charge >= 0.3 is 5.97 Å². The molecule has 0 amide bonds. The number of carbonyl (C=O) groups is 1. The molecule has 20 heavy (non-hydrogen) atoms. The zero-order valence-electron chi connectivity index (χ0n) is 13.7. The fraction of sp³-hybridized carbons (Fsp3) is 0.933. The van der Waals surface area contributed by atoms with E-state index in [0.29, 0.717) is 6.04 Å². The number of nitrogens with zero attached hydrogens (tertiary/aromatic N) is 2. The number of likely N-dealkylation sites (N-methyl/N-ethyl adjacent to an activating group) is 1. The van der Waals surface area contributed by atoms with E-state index in [1.165, 1.54) is 13.5 Å². The van der Waals surface area contributed by atoms with Gasteiger partial charge in [0.1, 0.15) is 5.54 Å². The Morgan fingerprint density at radius 3 is 2.60 bits per heavy atom. The second-order valence-electron chi connectivity index (χ2n) is 6.01. The zero-order valence-corrected chi connectivity index (χ0v) is 13.7. The van der Waals surface area contributed by atoms with E-state index in [2.05, 4.69) is 36.1 Å². The van der Waals surface area contributed by atoms with Crippen LogP contribution in [-0.2, 0) is 9.53 Å². The van der Waals surface area contributed by atoms with Crippen LogP contribution in [0.2, 0.25) is 0 Å². The summed E-state index contributed by atoms with van der Waals surface area (Å²) in [6, 6.07) is 0.480. The fourth-order valence-corrected chi connectivity index (χ4v) is 3.23. The molecule has 5 nitrogen and oxygen atoms in total. The van der Waals surface area contributed by atoms with Gasteiger partial charge in [-0.1, -0.05) is 6.92 Å². The summed E-state index contributed by atoms with van der Waals surface area (Å²) in [7, 11) is 7.55. The summed E-state index contributed by atoms with van der Waals surface area (Å²) in [6.07, 6.45) is 3.95. The van der Waals surface area contributed by atoms with Crippen LogP contribution in [0.1, 0.15) is 32.6 Å². The lowest BCUT2D eigenvalue weighted by Gasteiger charge is -2.30. The van der Waals surface area contributed by atoms with Gasteiger partial charge in [-0.3, -0.25) is 4.79 Å². The van der Waals surface area contributed by atoms with Crippen molar-refractivity contribution in [3.05, 3.63) is 0 Å². The first-order valence-electron chi connectivity index (χ1n) is 7.65. The minimum absolute atomic E-state index is 0.119. The summed E-state index contributed by atoms with van der Waals surface area (Å²) in [5.41, 5.74) is -0.478. The highest BCUT2D eigenvalue weighted by atomic mass is 16.5. The van der Waals surface area contributed by atoms with Gasteiger partial charge in [-0.2, -0.15) is 0 Å². The van der Waals surface area contributed by atoms with Crippen molar-refractivity contribution in [3.63, 3.8) is 0 Å². The molecule has 0 radical (unpaired) electrons. The summed E-state index contributed by atoms with van der Waals surface area (Å²) in [5, 5.41) is 3.20. The Morgan fingerprint density at radius 1 is 1.40 bits per heavy atom. The van der Waals surface area contributed by atoms with Gasteiger partial charge in [0.2, 0.25) is 0 Å². The third kappa shape index (κ3) is 4.17. The smallest absolute Gasteiger partial charge is 0.326 e. The number of hydrogen-bond donors (Lipinski definition) is 1. The van der Waals surface area contributed by atoms with Crippen LogP contribution in [0, 0.1) is 0 Å². The van der Waals surface area contributed by atoms with Gasteiger partial charge in [-0.15, -0.1) is 0 Å². The third-order valence-corrected chi connectivity index (χ3v) is 4.52. The maximum absolute atomic E-state index is 12.0. The highest BCUT2D eigenvalue weighted by molar-refractivity contribution is 5.81. The quantitative estimate of drug-likeness (QED) is 0.673. The molecule has 0 aromatic heterocycles.